The highest BCUT2D eigenvalue weighted by atomic mass is 16.6. The molecule has 1 aromatic rings. The molecule has 0 aliphatic rings. The van der Waals surface area contributed by atoms with Crippen LogP contribution in [0.1, 0.15) is 30.1 Å². The highest BCUT2D eigenvalue weighted by molar-refractivity contribution is 5.95. The molecule has 0 saturated heterocycles. The highest BCUT2D eigenvalue weighted by Crippen LogP contribution is 2.26. The SMILES string of the molecule is CCOC(=O)CCNC(=O)CCNC(=O)c1ccc(O)c([N+](=O)[O-])c1. The Labute approximate surface area is 143 Å². The fourth-order valence-electron chi connectivity index (χ4n) is 1.83. The second kappa shape index (κ2) is 9.85. The number of carbonyl (C=O) groups is 3. The molecule has 0 atom stereocenters. The Bertz CT molecular complexity index is 661. The summed E-state index contributed by atoms with van der Waals surface area (Å²) >= 11 is 0. The minimum atomic E-state index is -0.802. The van der Waals surface area contributed by atoms with Crippen molar-refractivity contribution in [3.63, 3.8) is 0 Å². The minimum Gasteiger partial charge on any atom is -0.502 e. The summed E-state index contributed by atoms with van der Waals surface area (Å²) in [4.78, 5) is 44.4. The highest BCUT2D eigenvalue weighted by Gasteiger charge is 2.17. The Kier molecular flexibility index (Phi) is 7.83. The first-order chi connectivity index (χ1) is 11.8. The van der Waals surface area contributed by atoms with E-state index in [4.69, 9.17) is 4.74 Å². The number of hydrogen-bond acceptors (Lipinski definition) is 7. The van der Waals surface area contributed by atoms with Gasteiger partial charge in [0.1, 0.15) is 0 Å². The smallest absolute Gasteiger partial charge is 0.311 e. The summed E-state index contributed by atoms with van der Waals surface area (Å²) in [6.45, 7) is 2.10. The topological polar surface area (TPSA) is 148 Å². The number of nitro benzene ring substituents is 1. The van der Waals surface area contributed by atoms with Gasteiger partial charge in [0.15, 0.2) is 5.75 Å². The largest absolute Gasteiger partial charge is 0.502 e. The van der Waals surface area contributed by atoms with Gasteiger partial charge in [-0.15, -0.1) is 0 Å². The van der Waals surface area contributed by atoms with Gasteiger partial charge in [0.05, 0.1) is 18.0 Å². The molecule has 0 unspecified atom stereocenters. The van der Waals surface area contributed by atoms with Crippen LogP contribution in [0.3, 0.4) is 0 Å². The van der Waals surface area contributed by atoms with E-state index in [-0.39, 0.29) is 44.0 Å². The maximum Gasteiger partial charge on any atom is 0.311 e. The summed E-state index contributed by atoms with van der Waals surface area (Å²) in [6.07, 6.45) is 0.0395. The Morgan fingerprint density at radius 3 is 2.52 bits per heavy atom. The van der Waals surface area contributed by atoms with Crippen molar-refractivity contribution in [1.29, 1.82) is 0 Å². The molecule has 0 bridgehead atoms. The third-order valence-corrected chi connectivity index (χ3v) is 3.03. The summed E-state index contributed by atoms with van der Waals surface area (Å²) in [5.41, 5.74) is -0.587. The predicted molar refractivity (Wildman–Crippen MR) is 86.0 cm³/mol. The van der Waals surface area contributed by atoms with E-state index in [0.29, 0.717) is 0 Å². The van der Waals surface area contributed by atoms with Gasteiger partial charge in [-0.3, -0.25) is 24.5 Å². The van der Waals surface area contributed by atoms with Crippen molar-refractivity contribution in [3.05, 3.63) is 33.9 Å². The second-order valence-electron chi connectivity index (χ2n) is 4.87. The summed E-state index contributed by atoms with van der Waals surface area (Å²) < 4.78 is 4.71. The first-order valence-electron chi connectivity index (χ1n) is 7.53. The van der Waals surface area contributed by atoms with Crippen LogP contribution in [0.5, 0.6) is 5.75 Å². The summed E-state index contributed by atoms with van der Waals surface area (Å²) in [5.74, 6) is -1.92. The van der Waals surface area contributed by atoms with E-state index in [1.165, 1.54) is 6.07 Å². The van der Waals surface area contributed by atoms with Gasteiger partial charge in [-0.05, 0) is 19.1 Å². The average Bonchev–Trinajstić information content (AvgIpc) is 2.55. The molecule has 10 heteroatoms. The first-order valence-corrected chi connectivity index (χ1v) is 7.53. The molecule has 0 fully saturated rings. The summed E-state index contributed by atoms with van der Waals surface area (Å²) in [7, 11) is 0. The molecule has 1 aromatic carbocycles. The first kappa shape index (κ1) is 19.9. The van der Waals surface area contributed by atoms with Crippen LogP contribution in [-0.4, -0.2) is 47.5 Å². The van der Waals surface area contributed by atoms with Crippen molar-refractivity contribution < 1.29 is 29.2 Å². The van der Waals surface area contributed by atoms with Gasteiger partial charge in [0, 0.05) is 31.1 Å². The molecule has 0 spiro atoms. The summed E-state index contributed by atoms with van der Waals surface area (Å²) in [5, 5.41) is 25.0. The average molecular weight is 353 g/mol. The van der Waals surface area contributed by atoms with Crippen molar-refractivity contribution in [2.24, 2.45) is 0 Å². The maximum atomic E-state index is 11.9. The molecule has 3 N–H and O–H groups in total. The van der Waals surface area contributed by atoms with E-state index in [1.54, 1.807) is 6.92 Å². The molecule has 0 aliphatic heterocycles. The lowest BCUT2D eigenvalue weighted by Crippen LogP contribution is -2.31. The number of rotatable bonds is 9. The van der Waals surface area contributed by atoms with Crippen LogP contribution in [0.4, 0.5) is 5.69 Å². The van der Waals surface area contributed by atoms with Crippen molar-refractivity contribution in [2.75, 3.05) is 19.7 Å². The van der Waals surface area contributed by atoms with E-state index >= 15 is 0 Å². The number of ether oxygens (including phenoxy) is 1. The molecule has 10 nitrogen and oxygen atoms in total. The third-order valence-electron chi connectivity index (χ3n) is 3.03. The van der Waals surface area contributed by atoms with Gasteiger partial charge < -0.3 is 20.5 Å². The van der Waals surface area contributed by atoms with Crippen LogP contribution < -0.4 is 10.6 Å². The van der Waals surface area contributed by atoms with Crippen LogP contribution >= 0.6 is 0 Å². The van der Waals surface area contributed by atoms with E-state index < -0.39 is 28.2 Å². The number of nitro groups is 1. The molecule has 1 rings (SSSR count). The number of nitrogens with zero attached hydrogens (tertiary/aromatic N) is 1. The Morgan fingerprint density at radius 2 is 1.88 bits per heavy atom. The lowest BCUT2D eigenvalue weighted by molar-refractivity contribution is -0.385. The molecule has 0 heterocycles. The van der Waals surface area contributed by atoms with Gasteiger partial charge in [-0.25, -0.2) is 0 Å². The van der Waals surface area contributed by atoms with Crippen LogP contribution in [0.25, 0.3) is 0 Å². The number of hydrogen-bond donors (Lipinski definition) is 3. The number of esters is 1. The predicted octanol–water partition coefficient (Wildman–Crippen LogP) is 0.490. The van der Waals surface area contributed by atoms with Crippen molar-refractivity contribution >= 4 is 23.5 Å². The standard InChI is InChI=1S/C15H19N3O7/c1-2-25-14(21)6-8-16-13(20)5-7-17-15(22)10-3-4-12(19)11(9-10)18(23)24/h3-4,9,19H,2,5-8H2,1H3,(H,16,20)(H,17,22). The van der Waals surface area contributed by atoms with Crippen molar-refractivity contribution in [1.82, 2.24) is 10.6 Å². The number of carbonyl (C=O) groups excluding carboxylic acids is 3. The molecule has 0 saturated carbocycles. The Morgan fingerprint density at radius 1 is 1.20 bits per heavy atom. The molecule has 0 aromatic heterocycles. The molecule has 0 aliphatic carbocycles. The number of benzene rings is 1. The summed E-state index contributed by atoms with van der Waals surface area (Å²) in [6, 6.07) is 3.23. The fourth-order valence-corrected chi connectivity index (χ4v) is 1.83. The van der Waals surface area contributed by atoms with E-state index in [0.717, 1.165) is 12.1 Å². The third kappa shape index (κ3) is 6.85. The van der Waals surface area contributed by atoms with Crippen LogP contribution in [0, 0.1) is 10.1 Å². The Hall–Kier alpha value is -3.17. The second-order valence-corrected chi connectivity index (χ2v) is 4.87. The number of phenolic OH excluding ortho intramolecular Hbond substituents is 1. The quantitative estimate of drug-likeness (QED) is 0.332. The number of amides is 2. The molecule has 0 radical (unpaired) electrons. The maximum absolute atomic E-state index is 11.9. The normalized spacial score (nSPS) is 9.96. The monoisotopic (exact) mass is 353 g/mol. The van der Waals surface area contributed by atoms with Crippen molar-refractivity contribution in [2.45, 2.75) is 19.8 Å². The molecular formula is C15H19N3O7. The lowest BCUT2D eigenvalue weighted by Gasteiger charge is -2.07. The molecule has 25 heavy (non-hydrogen) atoms. The number of phenols is 1. The van der Waals surface area contributed by atoms with E-state index in [9.17, 15) is 29.6 Å². The van der Waals surface area contributed by atoms with Crippen LogP contribution in [0.15, 0.2) is 18.2 Å². The molecule has 136 valence electrons. The van der Waals surface area contributed by atoms with Gasteiger partial charge in [0.25, 0.3) is 5.91 Å². The zero-order chi connectivity index (χ0) is 18.8. The number of nitrogens with one attached hydrogen (secondary N) is 2. The van der Waals surface area contributed by atoms with Crippen LogP contribution in [0.2, 0.25) is 0 Å². The van der Waals surface area contributed by atoms with E-state index in [2.05, 4.69) is 10.6 Å². The van der Waals surface area contributed by atoms with E-state index in [1.807, 2.05) is 0 Å². The number of aromatic hydroxyl groups is 1. The molecule has 2 amide bonds. The minimum absolute atomic E-state index is 0.00720. The van der Waals surface area contributed by atoms with Gasteiger partial charge in [0.2, 0.25) is 5.91 Å². The van der Waals surface area contributed by atoms with Gasteiger partial charge in [-0.2, -0.15) is 0 Å². The lowest BCUT2D eigenvalue weighted by atomic mass is 10.1. The fraction of sp³-hybridized carbons (Fsp3) is 0.400. The zero-order valence-corrected chi connectivity index (χ0v) is 13.6. The van der Waals surface area contributed by atoms with Gasteiger partial charge >= 0.3 is 11.7 Å². The Balaban J connectivity index is 2.37. The molecular weight excluding hydrogens is 334 g/mol. The van der Waals surface area contributed by atoms with Crippen molar-refractivity contribution in [3.8, 4) is 5.75 Å². The zero-order valence-electron chi connectivity index (χ0n) is 13.6. The van der Waals surface area contributed by atoms with Crippen LogP contribution in [-0.2, 0) is 14.3 Å². The van der Waals surface area contributed by atoms with Gasteiger partial charge in [-0.1, -0.05) is 0 Å².